The van der Waals surface area contributed by atoms with Crippen LogP contribution in [0.25, 0.3) is 10.8 Å². The minimum absolute atomic E-state index is 0.0726. The standard InChI is InChI=1S/C19H24N/c1-18(2,3)17-19(4,5)16-14-10-8-7-9-13(14)11-12-15(16)20(17)6/h7-12H,1-6H3/q+1. The molecule has 0 N–H and O–H groups in total. The highest BCUT2D eigenvalue weighted by Gasteiger charge is 2.50. The molecule has 104 valence electrons. The molecule has 3 rings (SSSR count). The lowest BCUT2D eigenvalue weighted by atomic mass is 9.70. The summed E-state index contributed by atoms with van der Waals surface area (Å²) in [6.45, 7) is 11.7. The van der Waals surface area contributed by atoms with Gasteiger partial charge in [-0.15, -0.1) is 0 Å². The highest BCUT2D eigenvalue weighted by atomic mass is 15.0. The van der Waals surface area contributed by atoms with Gasteiger partial charge < -0.3 is 0 Å². The number of rotatable bonds is 0. The molecule has 1 nitrogen and oxygen atoms in total. The summed E-state index contributed by atoms with van der Waals surface area (Å²) in [5, 5.41) is 2.73. The van der Waals surface area contributed by atoms with Gasteiger partial charge in [-0.05, 0) is 30.7 Å². The molecule has 0 spiro atoms. The third kappa shape index (κ3) is 1.65. The van der Waals surface area contributed by atoms with Crippen molar-refractivity contribution in [2.24, 2.45) is 5.41 Å². The first-order chi connectivity index (χ1) is 9.24. The smallest absolute Gasteiger partial charge is 0.201 e. The molecular weight excluding hydrogens is 242 g/mol. The van der Waals surface area contributed by atoms with Gasteiger partial charge in [-0.1, -0.05) is 45.0 Å². The van der Waals surface area contributed by atoms with Crippen LogP contribution in [-0.4, -0.2) is 17.3 Å². The molecule has 2 aromatic carbocycles. The summed E-state index contributed by atoms with van der Waals surface area (Å²) in [5.41, 5.74) is 4.57. The molecule has 0 bridgehead atoms. The molecule has 1 heterocycles. The second-order valence-electron chi connectivity index (χ2n) is 7.46. The Kier molecular flexibility index (Phi) is 2.63. The van der Waals surface area contributed by atoms with Gasteiger partial charge in [-0.25, -0.2) is 4.58 Å². The predicted octanol–water partition coefficient (Wildman–Crippen LogP) is 4.89. The number of fused-ring (bicyclic) bond motifs is 3. The summed E-state index contributed by atoms with van der Waals surface area (Å²) < 4.78 is 2.40. The molecular formula is C19H24N+. The SMILES string of the molecule is C[N+]1=C(C(C)(C)C)C(C)(C)c2c1ccc1ccccc21. The Hall–Kier alpha value is -1.63. The topological polar surface area (TPSA) is 3.01 Å². The maximum Gasteiger partial charge on any atom is 0.209 e. The lowest BCUT2D eigenvalue weighted by Crippen LogP contribution is -2.39. The van der Waals surface area contributed by atoms with Gasteiger partial charge in [0, 0.05) is 17.0 Å². The summed E-state index contributed by atoms with van der Waals surface area (Å²) in [4.78, 5) is 0. The fourth-order valence-corrected chi connectivity index (χ4v) is 4.30. The molecule has 1 aliphatic rings. The first-order valence-corrected chi connectivity index (χ1v) is 7.38. The lowest BCUT2D eigenvalue weighted by Gasteiger charge is -2.27. The van der Waals surface area contributed by atoms with E-state index >= 15 is 0 Å². The quantitative estimate of drug-likeness (QED) is 0.597. The van der Waals surface area contributed by atoms with Gasteiger partial charge >= 0.3 is 0 Å². The van der Waals surface area contributed by atoms with Crippen molar-refractivity contribution < 1.29 is 4.58 Å². The summed E-state index contributed by atoms with van der Waals surface area (Å²) >= 11 is 0. The zero-order chi connectivity index (χ0) is 14.7. The maximum atomic E-state index is 2.40. The van der Waals surface area contributed by atoms with Crippen molar-refractivity contribution in [3.05, 3.63) is 42.0 Å². The van der Waals surface area contributed by atoms with Crippen LogP contribution in [0.3, 0.4) is 0 Å². The van der Waals surface area contributed by atoms with E-state index in [9.17, 15) is 0 Å². The predicted molar refractivity (Wildman–Crippen MR) is 87.3 cm³/mol. The van der Waals surface area contributed by atoms with E-state index in [4.69, 9.17) is 0 Å². The van der Waals surface area contributed by atoms with Gasteiger partial charge in [-0.3, -0.25) is 0 Å². The van der Waals surface area contributed by atoms with Gasteiger partial charge in [0.25, 0.3) is 0 Å². The van der Waals surface area contributed by atoms with E-state index in [-0.39, 0.29) is 10.8 Å². The third-order valence-corrected chi connectivity index (χ3v) is 4.53. The van der Waals surface area contributed by atoms with Crippen molar-refractivity contribution in [2.75, 3.05) is 7.05 Å². The molecule has 2 aromatic rings. The van der Waals surface area contributed by atoms with E-state index in [1.54, 1.807) is 0 Å². The minimum Gasteiger partial charge on any atom is -0.201 e. The van der Waals surface area contributed by atoms with Crippen molar-refractivity contribution in [2.45, 2.75) is 40.0 Å². The number of benzene rings is 2. The molecule has 0 aliphatic carbocycles. The molecule has 0 saturated carbocycles. The van der Waals surface area contributed by atoms with Crippen molar-refractivity contribution in [3.8, 4) is 0 Å². The van der Waals surface area contributed by atoms with Crippen LogP contribution in [0, 0.1) is 5.41 Å². The molecule has 1 heteroatoms. The normalized spacial score (nSPS) is 17.7. The molecule has 1 aliphatic heterocycles. The zero-order valence-electron chi connectivity index (χ0n) is 13.4. The summed E-state index contributed by atoms with van der Waals surface area (Å²) in [6.07, 6.45) is 0. The Morgan fingerprint density at radius 2 is 1.60 bits per heavy atom. The van der Waals surface area contributed by atoms with E-state index in [1.807, 2.05) is 0 Å². The molecule has 0 radical (unpaired) electrons. The zero-order valence-corrected chi connectivity index (χ0v) is 13.4. The number of hydrogen-bond acceptors (Lipinski definition) is 0. The van der Waals surface area contributed by atoms with Crippen molar-refractivity contribution in [1.82, 2.24) is 0 Å². The summed E-state index contributed by atoms with van der Waals surface area (Å²) in [5.74, 6) is 0. The van der Waals surface area contributed by atoms with E-state index in [0.717, 1.165) is 0 Å². The minimum atomic E-state index is 0.0726. The second kappa shape index (κ2) is 3.94. The second-order valence-corrected chi connectivity index (χ2v) is 7.46. The van der Waals surface area contributed by atoms with Crippen LogP contribution in [0.2, 0.25) is 0 Å². The van der Waals surface area contributed by atoms with Crippen LogP contribution >= 0.6 is 0 Å². The Labute approximate surface area is 121 Å². The average Bonchev–Trinajstić information content (AvgIpc) is 2.56. The van der Waals surface area contributed by atoms with E-state index < -0.39 is 0 Å². The fourth-order valence-electron chi connectivity index (χ4n) is 4.30. The molecule has 0 fully saturated rings. The molecule has 20 heavy (non-hydrogen) atoms. The van der Waals surface area contributed by atoms with Crippen molar-refractivity contribution >= 4 is 22.2 Å². The Bertz CT molecular complexity index is 727. The lowest BCUT2D eigenvalue weighted by molar-refractivity contribution is -0.407. The van der Waals surface area contributed by atoms with Gasteiger partial charge in [-0.2, -0.15) is 0 Å². The summed E-state index contributed by atoms with van der Waals surface area (Å²) in [7, 11) is 2.21. The van der Waals surface area contributed by atoms with Gasteiger partial charge in [0.15, 0.2) is 5.71 Å². The first-order valence-electron chi connectivity index (χ1n) is 7.38. The number of nitrogens with zero attached hydrogens (tertiary/aromatic N) is 1. The monoisotopic (exact) mass is 266 g/mol. The third-order valence-electron chi connectivity index (χ3n) is 4.53. The van der Waals surface area contributed by atoms with Gasteiger partial charge in [0.05, 0.1) is 5.41 Å². The Morgan fingerprint density at radius 1 is 0.950 bits per heavy atom. The molecule has 0 unspecified atom stereocenters. The molecule has 0 amide bonds. The summed E-state index contributed by atoms with van der Waals surface area (Å²) in [6, 6.07) is 13.3. The van der Waals surface area contributed by atoms with Crippen LogP contribution < -0.4 is 0 Å². The van der Waals surface area contributed by atoms with Crippen LogP contribution in [0.1, 0.15) is 40.2 Å². The highest BCUT2D eigenvalue weighted by Crippen LogP contribution is 2.47. The maximum absolute atomic E-state index is 2.40. The van der Waals surface area contributed by atoms with E-state index in [0.29, 0.717) is 0 Å². The highest BCUT2D eigenvalue weighted by molar-refractivity contribution is 6.04. The van der Waals surface area contributed by atoms with Crippen LogP contribution in [0.4, 0.5) is 5.69 Å². The van der Waals surface area contributed by atoms with Crippen molar-refractivity contribution in [1.29, 1.82) is 0 Å². The van der Waals surface area contributed by atoms with E-state index in [1.165, 1.54) is 27.7 Å². The van der Waals surface area contributed by atoms with Crippen molar-refractivity contribution in [3.63, 3.8) is 0 Å². The Morgan fingerprint density at radius 3 is 2.25 bits per heavy atom. The molecule has 0 aromatic heterocycles. The van der Waals surface area contributed by atoms with Gasteiger partial charge in [0.1, 0.15) is 7.05 Å². The van der Waals surface area contributed by atoms with Crippen LogP contribution in [0.5, 0.6) is 0 Å². The number of hydrogen-bond donors (Lipinski definition) is 0. The Balaban J connectivity index is 2.40. The largest absolute Gasteiger partial charge is 0.209 e. The average molecular weight is 266 g/mol. The van der Waals surface area contributed by atoms with Crippen LogP contribution in [0.15, 0.2) is 36.4 Å². The van der Waals surface area contributed by atoms with Crippen LogP contribution in [-0.2, 0) is 5.41 Å². The van der Waals surface area contributed by atoms with E-state index in [2.05, 4.69) is 82.6 Å². The fraction of sp³-hybridized carbons (Fsp3) is 0.421. The first kappa shape index (κ1) is 13.4. The molecule has 0 saturated heterocycles. The van der Waals surface area contributed by atoms with Gasteiger partial charge in [0.2, 0.25) is 5.69 Å². The molecule has 0 atom stereocenters.